The van der Waals surface area contributed by atoms with Crippen molar-refractivity contribution in [2.45, 2.75) is 44.2 Å². The molecule has 0 unspecified atom stereocenters. The lowest BCUT2D eigenvalue weighted by Gasteiger charge is -2.17. The molecule has 33 heavy (non-hydrogen) atoms. The fraction of sp³-hybridized carbons (Fsp3) is 0.474. The number of nitrogens with two attached hydrogens (primary N) is 1. The molecule has 2 aromatic heterocycles. The molecule has 0 spiro atoms. The molecule has 0 radical (unpaired) electrons. The van der Waals surface area contributed by atoms with Crippen LogP contribution in [-0.2, 0) is 25.8 Å². The van der Waals surface area contributed by atoms with E-state index < -0.39 is 34.7 Å². The summed E-state index contributed by atoms with van der Waals surface area (Å²) in [7, 11) is -4.08. The number of hydrogen-bond donors (Lipinski definition) is 4. The summed E-state index contributed by atoms with van der Waals surface area (Å²) in [5.74, 6) is 0.494. The molecule has 1 aliphatic rings. The lowest BCUT2D eigenvalue weighted by molar-refractivity contribution is -0.0612. The molecule has 4 rings (SSSR count). The molecule has 5 N–H and O–H groups in total. The Bertz CT molecular complexity index is 1220. The van der Waals surface area contributed by atoms with Crippen molar-refractivity contribution in [3.8, 4) is 0 Å². The zero-order valence-corrected chi connectivity index (χ0v) is 18.6. The number of nitrogens with zero attached hydrogens (tertiary/aromatic N) is 5. The third-order valence-electron chi connectivity index (χ3n) is 5.38. The molecule has 1 aliphatic carbocycles. The van der Waals surface area contributed by atoms with Gasteiger partial charge in [0.2, 0.25) is 0 Å². The summed E-state index contributed by atoms with van der Waals surface area (Å²) in [6, 6.07) is 7.40. The van der Waals surface area contributed by atoms with E-state index in [0.29, 0.717) is 23.5 Å². The van der Waals surface area contributed by atoms with E-state index in [2.05, 4.69) is 35.8 Å². The first-order valence-electron chi connectivity index (χ1n) is 10.2. The van der Waals surface area contributed by atoms with Gasteiger partial charge in [0.15, 0.2) is 17.0 Å². The Morgan fingerprint density at radius 1 is 1.24 bits per heavy atom. The highest BCUT2D eigenvalue weighted by Gasteiger charge is 2.44. The fourth-order valence-corrected chi connectivity index (χ4v) is 4.15. The SMILES string of the molecule is Cc1cccc(CNc2ncnc3c2nnn3[C@H]2C[C@@H](OCCOS(N)(=O)=O)[C@H](O)[C@@H]2O)c1. The first kappa shape index (κ1) is 23.4. The van der Waals surface area contributed by atoms with Crippen LogP contribution < -0.4 is 10.5 Å². The molecule has 0 aliphatic heterocycles. The number of hydrogen-bond acceptors (Lipinski definition) is 11. The summed E-state index contributed by atoms with van der Waals surface area (Å²) in [4.78, 5) is 8.51. The van der Waals surface area contributed by atoms with E-state index in [4.69, 9.17) is 9.88 Å². The van der Waals surface area contributed by atoms with Gasteiger partial charge in [-0.1, -0.05) is 35.0 Å². The van der Waals surface area contributed by atoms with Gasteiger partial charge in [-0.15, -0.1) is 5.10 Å². The highest BCUT2D eigenvalue weighted by atomic mass is 32.2. The Kier molecular flexibility index (Phi) is 6.83. The van der Waals surface area contributed by atoms with Gasteiger partial charge >= 0.3 is 10.3 Å². The van der Waals surface area contributed by atoms with Crippen LogP contribution in [0.3, 0.4) is 0 Å². The molecule has 14 heteroatoms. The minimum Gasteiger partial charge on any atom is -0.388 e. The van der Waals surface area contributed by atoms with Crippen LogP contribution in [0.2, 0.25) is 0 Å². The van der Waals surface area contributed by atoms with Gasteiger partial charge in [-0.2, -0.15) is 8.42 Å². The Hall–Kier alpha value is -2.75. The topological polar surface area (TPSA) is 188 Å². The summed E-state index contributed by atoms with van der Waals surface area (Å²) in [6.07, 6.45) is -1.61. The van der Waals surface area contributed by atoms with E-state index in [1.54, 1.807) is 0 Å². The molecule has 0 saturated heterocycles. The first-order valence-corrected chi connectivity index (χ1v) is 11.7. The molecule has 2 heterocycles. The van der Waals surface area contributed by atoms with Crippen LogP contribution in [0.15, 0.2) is 30.6 Å². The Morgan fingerprint density at radius 2 is 2.06 bits per heavy atom. The largest absolute Gasteiger partial charge is 0.388 e. The third kappa shape index (κ3) is 5.43. The van der Waals surface area contributed by atoms with Gasteiger partial charge < -0.3 is 20.3 Å². The quantitative estimate of drug-likeness (QED) is 0.287. The van der Waals surface area contributed by atoms with Crippen molar-refractivity contribution in [1.82, 2.24) is 25.0 Å². The second kappa shape index (κ2) is 9.62. The molecule has 0 amide bonds. The molecule has 1 saturated carbocycles. The van der Waals surface area contributed by atoms with Gasteiger partial charge in [-0.05, 0) is 12.5 Å². The van der Waals surface area contributed by atoms with Crippen LogP contribution in [0.1, 0.15) is 23.6 Å². The number of aliphatic hydroxyl groups excluding tert-OH is 2. The van der Waals surface area contributed by atoms with Crippen LogP contribution >= 0.6 is 0 Å². The molecule has 13 nitrogen and oxygen atoms in total. The summed E-state index contributed by atoms with van der Waals surface area (Å²) < 4.78 is 33.0. The standard InChI is InChI=1S/C19H25N7O6S/c1-11-3-2-4-12(7-11)9-21-18-15-19(23-10-22-18)26(25-24-15)13-8-14(17(28)16(13)27)31-5-6-32-33(20,29)30/h2-4,7,10,13-14,16-17,27-28H,5-6,8-9H2,1H3,(H2,20,29,30)(H,21,22,23)/t13-,14+,16+,17-/m0/s1. The normalized spacial score (nSPS) is 23.3. The second-order valence-electron chi connectivity index (χ2n) is 7.78. The molecule has 1 aromatic carbocycles. The maximum absolute atomic E-state index is 10.8. The van der Waals surface area contributed by atoms with Gasteiger partial charge in [-0.3, -0.25) is 4.18 Å². The molecular weight excluding hydrogens is 454 g/mol. The predicted octanol–water partition coefficient (Wildman–Crippen LogP) is -0.586. The number of aryl methyl sites for hydroxylation is 1. The van der Waals surface area contributed by atoms with E-state index in [1.165, 1.54) is 11.0 Å². The summed E-state index contributed by atoms with van der Waals surface area (Å²) in [5.41, 5.74) is 3.05. The number of aromatic nitrogens is 5. The van der Waals surface area contributed by atoms with Crippen molar-refractivity contribution >= 4 is 27.3 Å². The fourth-order valence-electron chi connectivity index (χ4n) is 3.85. The van der Waals surface area contributed by atoms with Crippen molar-refractivity contribution < 1.29 is 27.6 Å². The zero-order chi connectivity index (χ0) is 23.6. The minimum atomic E-state index is -4.08. The molecule has 4 atom stereocenters. The number of rotatable bonds is 9. The van der Waals surface area contributed by atoms with Crippen molar-refractivity contribution in [2.24, 2.45) is 5.14 Å². The zero-order valence-electron chi connectivity index (χ0n) is 17.8. The summed E-state index contributed by atoms with van der Waals surface area (Å²) in [5, 5.41) is 37.2. The van der Waals surface area contributed by atoms with Crippen LogP contribution in [0.4, 0.5) is 5.82 Å². The maximum Gasteiger partial charge on any atom is 0.333 e. The average Bonchev–Trinajstić information content (AvgIpc) is 3.31. The Labute approximate surface area is 189 Å². The van der Waals surface area contributed by atoms with Crippen molar-refractivity contribution in [1.29, 1.82) is 0 Å². The van der Waals surface area contributed by atoms with Crippen molar-refractivity contribution in [2.75, 3.05) is 18.5 Å². The van der Waals surface area contributed by atoms with Crippen LogP contribution in [0.25, 0.3) is 11.2 Å². The Balaban J connectivity index is 1.46. The van der Waals surface area contributed by atoms with Gasteiger partial charge in [0, 0.05) is 13.0 Å². The lowest BCUT2D eigenvalue weighted by atomic mass is 10.1. The maximum atomic E-state index is 10.8. The highest BCUT2D eigenvalue weighted by molar-refractivity contribution is 7.84. The first-order chi connectivity index (χ1) is 15.7. The van der Waals surface area contributed by atoms with E-state index in [1.807, 2.05) is 25.1 Å². The minimum absolute atomic E-state index is 0.134. The molecule has 3 aromatic rings. The van der Waals surface area contributed by atoms with Crippen molar-refractivity contribution in [3.05, 3.63) is 41.7 Å². The number of anilines is 1. The number of aliphatic hydroxyl groups is 2. The molecule has 0 bridgehead atoms. The van der Waals surface area contributed by atoms with Crippen LogP contribution in [0.5, 0.6) is 0 Å². The van der Waals surface area contributed by atoms with Crippen molar-refractivity contribution in [3.63, 3.8) is 0 Å². The second-order valence-corrected chi connectivity index (χ2v) is 9.00. The van der Waals surface area contributed by atoms with E-state index in [-0.39, 0.29) is 19.6 Å². The van der Waals surface area contributed by atoms with E-state index >= 15 is 0 Å². The third-order valence-corrected chi connectivity index (χ3v) is 5.87. The number of nitrogens with one attached hydrogen (secondary N) is 1. The Morgan fingerprint density at radius 3 is 2.82 bits per heavy atom. The van der Waals surface area contributed by atoms with Gasteiger partial charge in [0.05, 0.1) is 25.4 Å². The van der Waals surface area contributed by atoms with Crippen LogP contribution in [0, 0.1) is 6.92 Å². The summed E-state index contributed by atoms with van der Waals surface area (Å²) >= 11 is 0. The van der Waals surface area contributed by atoms with E-state index in [9.17, 15) is 18.6 Å². The molecule has 1 fully saturated rings. The number of benzene rings is 1. The van der Waals surface area contributed by atoms with Gasteiger partial charge in [-0.25, -0.2) is 19.8 Å². The highest BCUT2D eigenvalue weighted by Crippen LogP contribution is 2.34. The smallest absolute Gasteiger partial charge is 0.333 e. The number of fused-ring (bicyclic) bond motifs is 1. The predicted molar refractivity (Wildman–Crippen MR) is 116 cm³/mol. The van der Waals surface area contributed by atoms with Gasteiger partial charge in [0.1, 0.15) is 18.5 Å². The van der Waals surface area contributed by atoms with Gasteiger partial charge in [0.25, 0.3) is 0 Å². The molecule has 178 valence electrons. The molecular formula is C19H25N7O6S. The van der Waals surface area contributed by atoms with Crippen LogP contribution in [-0.4, -0.2) is 75.1 Å². The summed E-state index contributed by atoms with van der Waals surface area (Å²) in [6.45, 7) is 2.11. The van der Waals surface area contributed by atoms with E-state index in [0.717, 1.165) is 11.1 Å². The number of ether oxygens (including phenoxy) is 1. The average molecular weight is 480 g/mol. The lowest BCUT2D eigenvalue weighted by Crippen LogP contribution is -2.33. The monoisotopic (exact) mass is 479 g/mol.